The Bertz CT molecular complexity index is 997. The van der Waals surface area contributed by atoms with E-state index in [1.165, 1.54) is 0 Å². The number of piperidine rings is 1. The second-order valence-corrected chi connectivity index (χ2v) is 7.75. The molecule has 2 aliphatic heterocycles. The number of amides is 1. The maximum atomic E-state index is 13.1. The van der Waals surface area contributed by atoms with Crippen LogP contribution in [0.5, 0.6) is 0 Å². The summed E-state index contributed by atoms with van der Waals surface area (Å²) in [4.78, 5) is 23.8. The Labute approximate surface area is 162 Å². The van der Waals surface area contributed by atoms with E-state index in [4.69, 9.17) is 4.52 Å². The van der Waals surface area contributed by atoms with Crippen LogP contribution in [0.15, 0.2) is 35.1 Å². The van der Waals surface area contributed by atoms with Crippen LogP contribution in [0.2, 0.25) is 0 Å². The lowest BCUT2D eigenvalue weighted by Gasteiger charge is -2.37. The molecule has 5 rings (SSSR count). The predicted molar refractivity (Wildman–Crippen MR) is 100 cm³/mol. The van der Waals surface area contributed by atoms with E-state index in [0.29, 0.717) is 17.4 Å². The lowest BCUT2D eigenvalue weighted by atomic mass is 9.90. The zero-order chi connectivity index (χ0) is 19.3. The Hall–Kier alpha value is -3.03. The number of carbonyl (C=O) groups excluding carboxylic acids is 1. The summed E-state index contributed by atoms with van der Waals surface area (Å²) in [5, 5.41) is 8.47. The molecule has 8 nitrogen and oxygen atoms in total. The lowest BCUT2D eigenvalue weighted by Crippen LogP contribution is -2.46. The van der Waals surface area contributed by atoms with E-state index in [1.54, 1.807) is 17.1 Å². The highest BCUT2D eigenvalue weighted by Gasteiger charge is 2.45. The van der Waals surface area contributed by atoms with Gasteiger partial charge in [-0.15, -0.1) is 0 Å². The Balaban J connectivity index is 1.35. The van der Waals surface area contributed by atoms with Crippen LogP contribution in [-0.4, -0.2) is 47.8 Å². The van der Waals surface area contributed by atoms with E-state index < -0.39 is 0 Å². The number of pyridine rings is 1. The number of aryl methyl sites for hydroxylation is 2. The Morgan fingerprint density at radius 2 is 1.89 bits per heavy atom. The van der Waals surface area contributed by atoms with Crippen LogP contribution in [0, 0.1) is 6.92 Å². The molecule has 3 aromatic heterocycles. The smallest absolute Gasteiger partial charge is 0.272 e. The summed E-state index contributed by atoms with van der Waals surface area (Å²) in [5.41, 5.74) is 2.42. The van der Waals surface area contributed by atoms with E-state index in [-0.39, 0.29) is 23.9 Å². The number of fused-ring (bicyclic) bond motifs is 2. The molecule has 1 amide bonds. The van der Waals surface area contributed by atoms with Crippen LogP contribution < -0.4 is 0 Å². The van der Waals surface area contributed by atoms with Gasteiger partial charge < -0.3 is 9.42 Å². The van der Waals surface area contributed by atoms with Crippen molar-refractivity contribution in [2.24, 2.45) is 7.05 Å². The van der Waals surface area contributed by atoms with Gasteiger partial charge >= 0.3 is 0 Å². The van der Waals surface area contributed by atoms with Crippen LogP contribution in [0.1, 0.15) is 53.7 Å². The Morgan fingerprint density at radius 3 is 2.54 bits per heavy atom. The summed E-state index contributed by atoms with van der Waals surface area (Å²) in [5.74, 6) is 1.54. The Morgan fingerprint density at radius 1 is 1.18 bits per heavy atom. The molecule has 2 saturated heterocycles. The standard InChI is InChI=1S/C20H22N6O2/c1-12-9-17(25(2)23-12)20(27)26-15-3-4-16(26)11-14(10-15)19-22-18(24-28-19)13-5-7-21-8-6-13/h5-9,14-16H,3-4,10-11H2,1-2H3/t14?,15-,16+. The normalized spacial score (nSPS) is 23.9. The molecule has 2 fully saturated rings. The fraction of sp³-hybridized carbons (Fsp3) is 0.450. The quantitative estimate of drug-likeness (QED) is 0.696. The molecule has 3 aromatic rings. The number of carbonyl (C=O) groups is 1. The van der Waals surface area contributed by atoms with Gasteiger partial charge in [0, 0.05) is 43.0 Å². The van der Waals surface area contributed by atoms with Crippen LogP contribution in [-0.2, 0) is 7.05 Å². The lowest BCUT2D eigenvalue weighted by molar-refractivity contribution is 0.0543. The number of hydrogen-bond donors (Lipinski definition) is 0. The van der Waals surface area contributed by atoms with Gasteiger partial charge in [0.05, 0.1) is 5.69 Å². The average molecular weight is 378 g/mol. The van der Waals surface area contributed by atoms with Gasteiger partial charge in [0.2, 0.25) is 11.7 Å². The van der Waals surface area contributed by atoms with E-state index in [9.17, 15) is 4.79 Å². The van der Waals surface area contributed by atoms with Crippen molar-refractivity contribution >= 4 is 5.91 Å². The first-order valence-corrected chi connectivity index (χ1v) is 9.67. The molecule has 28 heavy (non-hydrogen) atoms. The first kappa shape index (κ1) is 17.1. The summed E-state index contributed by atoms with van der Waals surface area (Å²) in [7, 11) is 1.83. The molecular formula is C20H22N6O2. The highest BCUT2D eigenvalue weighted by molar-refractivity contribution is 5.93. The molecule has 2 aliphatic rings. The maximum Gasteiger partial charge on any atom is 0.272 e. The molecule has 3 atom stereocenters. The maximum absolute atomic E-state index is 13.1. The van der Waals surface area contributed by atoms with Crippen molar-refractivity contribution in [2.45, 2.75) is 50.6 Å². The molecular weight excluding hydrogens is 356 g/mol. The summed E-state index contributed by atoms with van der Waals surface area (Å²) in [6.07, 6.45) is 7.20. The molecule has 1 unspecified atom stereocenters. The minimum Gasteiger partial charge on any atom is -0.339 e. The molecule has 0 radical (unpaired) electrons. The molecule has 0 N–H and O–H groups in total. The molecule has 0 spiro atoms. The summed E-state index contributed by atoms with van der Waals surface area (Å²) < 4.78 is 7.27. The van der Waals surface area contributed by atoms with Gasteiger partial charge in [-0.05, 0) is 50.8 Å². The van der Waals surface area contributed by atoms with Crippen molar-refractivity contribution in [2.75, 3.05) is 0 Å². The van der Waals surface area contributed by atoms with E-state index in [2.05, 4.69) is 25.1 Å². The molecule has 0 saturated carbocycles. The van der Waals surface area contributed by atoms with Gasteiger partial charge in [0.25, 0.3) is 5.91 Å². The molecule has 0 aromatic carbocycles. The van der Waals surface area contributed by atoms with Gasteiger partial charge in [0.15, 0.2) is 0 Å². The predicted octanol–water partition coefficient (Wildman–Crippen LogP) is 2.72. The Kier molecular flexibility index (Phi) is 3.99. The van der Waals surface area contributed by atoms with Crippen molar-refractivity contribution in [3.63, 3.8) is 0 Å². The molecule has 144 valence electrons. The highest BCUT2D eigenvalue weighted by atomic mass is 16.5. The summed E-state index contributed by atoms with van der Waals surface area (Å²) in [6.45, 7) is 1.91. The highest BCUT2D eigenvalue weighted by Crippen LogP contribution is 2.43. The number of rotatable bonds is 3. The van der Waals surface area contributed by atoms with Gasteiger partial charge in [-0.1, -0.05) is 5.16 Å². The monoisotopic (exact) mass is 378 g/mol. The largest absolute Gasteiger partial charge is 0.339 e. The fourth-order valence-corrected chi connectivity index (χ4v) is 4.67. The van der Waals surface area contributed by atoms with Crippen molar-refractivity contribution in [1.29, 1.82) is 0 Å². The molecule has 8 heteroatoms. The topological polar surface area (TPSA) is 89.9 Å². The van der Waals surface area contributed by atoms with E-state index in [1.807, 2.05) is 32.2 Å². The first-order chi connectivity index (χ1) is 13.6. The van der Waals surface area contributed by atoms with Crippen molar-refractivity contribution in [1.82, 2.24) is 29.8 Å². The van der Waals surface area contributed by atoms with E-state index in [0.717, 1.165) is 36.9 Å². The third-order valence-electron chi connectivity index (χ3n) is 5.92. The molecule has 0 aliphatic carbocycles. The van der Waals surface area contributed by atoms with Crippen LogP contribution in [0.3, 0.4) is 0 Å². The second-order valence-electron chi connectivity index (χ2n) is 7.75. The second kappa shape index (κ2) is 6.54. The zero-order valence-electron chi connectivity index (χ0n) is 15.9. The average Bonchev–Trinajstić information content (AvgIpc) is 3.38. The van der Waals surface area contributed by atoms with E-state index >= 15 is 0 Å². The van der Waals surface area contributed by atoms with Gasteiger partial charge in [-0.2, -0.15) is 10.1 Å². The fourth-order valence-electron chi connectivity index (χ4n) is 4.67. The summed E-state index contributed by atoms with van der Waals surface area (Å²) in [6, 6.07) is 6.03. The number of hydrogen-bond acceptors (Lipinski definition) is 6. The minimum absolute atomic E-state index is 0.0806. The zero-order valence-corrected chi connectivity index (χ0v) is 15.9. The molecule has 5 heterocycles. The number of nitrogens with zero attached hydrogens (tertiary/aromatic N) is 6. The van der Waals surface area contributed by atoms with Crippen molar-refractivity contribution in [3.05, 3.63) is 47.9 Å². The SMILES string of the molecule is Cc1cc(C(=O)N2[C@@H]3CC[C@H]2CC(c2nc(-c4ccncc4)no2)C3)n(C)n1. The van der Waals surface area contributed by atoms with Gasteiger partial charge in [0.1, 0.15) is 5.69 Å². The van der Waals surface area contributed by atoms with Crippen molar-refractivity contribution < 1.29 is 9.32 Å². The molecule has 2 bridgehead atoms. The minimum atomic E-state index is 0.0806. The first-order valence-electron chi connectivity index (χ1n) is 9.67. The van der Waals surface area contributed by atoms with Gasteiger partial charge in [-0.3, -0.25) is 14.5 Å². The van der Waals surface area contributed by atoms with Crippen LogP contribution >= 0.6 is 0 Å². The van der Waals surface area contributed by atoms with Crippen LogP contribution in [0.4, 0.5) is 0 Å². The van der Waals surface area contributed by atoms with Crippen molar-refractivity contribution in [3.8, 4) is 11.4 Å². The van der Waals surface area contributed by atoms with Crippen LogP contribution in [0.25, 0.3) is 11.4 Å². The summed E-state index contributed by atoms with van der Waals surface area (Å²) >= 11 is 0. The third kappa shape index (κ3) is 2.80. The number of aromatic nitrogens is 5. The third-order valence-corrected chi connectivity index (χ3v) is 5.92. The van der Waals surface area contributed by atoms with Gasteiger partial charge in [-0.25, -0.2) is 0 Å².